The van der Waals surface area contributed by atoms with Gasteiger partial charge >= 0.3 is 0 Å². The molecule has 0 amide bonds. The second-order valence-electron chi connectivity index (χ2n) is 7.84. The second kappa shape index (κ2) is 5.02. The van der Waals surface area contributed by atoms with Crippen molar-refractivity contribution < 1.29 is 14.3 Å². The molecule has 0 bridgehead atoms. The van der Waals surface area contributed by atoms with E-state index in [0.717, 1.165) is 31.6 Å². The third-order valence-electron chi connectivity index (χ3n) is 7.25. The minimum absolute atomic E-state index is 0.0839. The number of carbonyl (C=O) groups excluding carboxylic acids is 2. The summed E-state index contributed by atoms with van der Waals surface area (Å²) < 4.78 is 5.58. The minimum atomic E-state index is -0.393. The number of ketones is 2. The highest BCUT2D eigenvalue weighted by Crippen LogP contribution is 2.60. The molecule has 0 aromatic carbocycles. The molecule has 2 fully saturated rings. The van der Waals surface area contributed by atoms with Gasteiger partial charge in [0.1, 0.15) is 5.78 Å². The minimum Gasteiger partial charge on any atom is -0.381 e. The third kappa shape index (κ3) is 1.78. The molecule has 5 atom stereocenters. The van der Waals surface area contributed by atoms with Crippen LogP contribution in [-0.2, 0) is 14.3 Å². The number of ether oxygens (including phenoxy) is 1. The lowest BCUT2D eigenvalue weighted by Crippen LogP contribution is -2.36. The van der Waals surface area contributed by atoms with Crippen LogP contribution in [0.1, 0.15) is 58.3 Å². The van der Waals surface area contributed by atoms with Crippen molar-refractivity contribution in [2.75, 3.05) is 7.11 Å². The van der Waals surface area contributed by atoms with E-state index < -0.39 is 5.41 Å². The molecule has 3 heteroatoms. The molecule has 22 heavy (non-hydrogen) atoms. The van der Waals surface area contributed by atoms with Gasteiger partial charge in [0.2, 0.25) is 0 Å². The maximum absolute atomic E-state index is 12.7. The highest BCUT2D eigenvalue weighted by atomic mass is 16.5. The van der Waals surface area contributed by atoms with Crippen LogP contribution in [0.5, 0.6) is 0 Å². The average molecular weight is 302 g/mol. The summed E-state index contributed by atoms with van der Waals surface area (Å²) in [4.78, 5) is 24.8. The molecule has 4 rings (SSSR count). The van der Waals surface area contributed by atoms with Gasteiger partial charge in [-0.15, -0.1) is 0 Å². The monoisotopic (exact) mass is 302 g/mol. The summed E-state index contributed by atoms with van der Waals surface area (Å²) in [5.41, 5.74) is 2.57. The first-order chi connectivity index (χ1) is 10.6. The Morgan fingerprint density at radius 3 is 2.64 bits per heavy atom. The van der Waals surface area contributed by atoms with E-state index in [0.29, 0.717) is 12.0 Å². The van der Waals surface area contributed by atoms with Crippen LogP contribution in [0.2, 0.25) is 0 Å². The van der Waals surface area contributed by atoms with Crippen LogP contribution in [0.3, 0.4) is 0 Å². The number of methoxy groups -OCH3 is 1. The SMILES string of the molecule is COC1CCC2C3=C(CCC2C1)C1(CC3)C(=O)CC(=O)[C@@H]1C. The van der Waals surface area contributed by atoms with Crippen LogP contribution >= 0.6 is 0 Å². The maximum atomic E-state index is 12.7. The van der Waals surface area contributed by atoms with Crippen LogP contribution in [-0.4, -0.2) is 24.8 Å². The number of fused-ring (bicyclic) bond motifs is 3. The predicted molar refractivity (Wildman–Crippen MR) is 83.4 cm³/mol. The molecule has 120 valence electrons. The highest BCUT2D eigenvalue weighted by molar-refractivity contribution is 6.12. The van der Waals surface area contributed by atoms with Crippen molar-refractivity contribution in [2.45, 2.75) is 64.4 Å². The fourth-order valence-corrected chi connectivity index (χ4v) is 6.03. The van der Waals surface area contributed by atoms with Crippen molar-refractivity contribution >= 4 is 11.6 Å². The lowest BCUT2D eigenvalue weighted by Gasteiger charge is -2.42. The zero-order valence-electron chi connectivity index (χ0n) is 13.7. The van der Waals surface area contributed by atoms with Gasteiger partial charge in [0.05, 0.1) is 17.9 Å². The molecule has 2 saturated carbocycles. The number of hydrogen-bond donors (Lipinski definition) is 0. The standard InChI is InChI=1S/C19H26O3/c1-11-17(20)10-18(21)19(11)8-7-15-14-5-4-13(22-2)9-12(14)3-6-16(15)19/h11-14H,3-10H2,1-2H3/t11-,12?,13?,14?,19?/m0/s1. The van der Waals surface area contributed by atoms with E-state index >= 15 is 0 Å². The van der Waals surface area contributed by atoms with E-state index in [1.165, 1.54) is 24.8 Å². The van der Waals surface area contributed by atoms with E-state index in [9.17, 15) is 9.59 Å². The summed E-state index contributed by atoms with van der Waals surface area (Å²) in [7, 11) is 1.83. The number of rotatable bonds is 1. The Bertz CT molecular complexity index is 561. The molecule has 3 nitrogen and oxygen atoms in total. The van der Waals surface area contributed by atoms with Gasteiger partial charge in [-0.3, -0.25) is 9.59 Å². The fraction of sp³-hybridized carbons (Fsp3) is 0.789. The first-order valence-corrected chi connectivity index (χ1v) is 8.89. The number of carbonyl (C=O) groups is 2. The van der Waals surface area contributed by atoms with Gasteiger partial charge in [-0.2, -0.15) is 0 Å². The van der Waals surface area contributed by atoms with Crippen molar-refractivity contribution in [3.05, 3.63) is 11.1 Å². The quantitative estimate of drug-likeness (QED) is 0.550. The lowest BCUT2D eigenvalue weighted by atomic mass is 9.63. The Labute approximate surface area is 132 Å². The Balaban J connectivity index is 1.69. The molecule has 0 heterocycles. The molecule has 0 aromatic heterocycles. The first kappa shape index (κ1) is 14.6. The lowest BCUT2D eigenvalue weighted by molar-refractivity contribution is -0.125. The summed E-state index contributed by atoms with van der Waals surface area (Å²) in [5.74, 6) is 1.70. The van der Waals surface area contributed by atoms with Gasteiger partial charge < -0.3 is 4.74 Å². The molecule has 0 radical (unpaired) electrons. The smallest absolute Gasteiger partial charge is 0.151 e. The van der Waals surface area contributed by atoms with Crippen molar-refractivity contribution in [2.24, 2.45) is 23.2 Å². The van der Waals surface area contributed by atoms with Gasteiger partial charge in [0.15, 0.2) is 5.78 Å². The molecule has 0 N–H and O–H groups in total. The molecule has 0 saturated heterocycles. The summed E-state index contributed by atoms with van der Waals surface area (Å²) >= 11 is 0. The number of allylic oxidation sites excluding steroid dienone is 2. The average Bonchev–Trinajstić information content (AvgIpc) is 3.02. The normalized spacial score (nSPS) is 44.6. The van der Waals surface area contributed by atoms with Crippen LogP contribution in [0.15, 0.2) is 11.1 Å². The second-order valence-corrected chi connectivity index (χ2v) is 7.84. The van der Waals surface area contributed by atoms with Gasteiger partial charge in [0.25, 0.3) is 0 Å². The summed E-state index contributed by atoms with van der Waals surface area (Å²) in [6.45, 7) is 2.00. The zero-order chi connectivity index (χ0) is 15.5. The van der Waals surface area contributed by atoms with Crippen LogP contribution < -0.4 is 0 Å². The molecular weight excluding hydrogens is 276 g/mol. The summed E-state index contributed by atoms with van der Waals surface area (Å²) in [5, 5.41) is 0. The fourth-order valence-electron chi connectivity index (χ4n) is 6.03. The van der Waals surface area contributed by atoms with Gasteiger partial charge in [0, 0.05) is 13.0 Å². The highest BCUT2D eigenvalue weighted by Gasteiger charge is 2.58. The maximum Gasteiger partial charge on any atom is 0.151 e. The van der Waals surface area contributed by atoms with E-state index in [4.69, 9.17) is 4.74 Å². The van der Waals surface area contributed by atoms with Crippen molar-refractivity contribution in [1.82, 2.24) is 0 Å². The molecule has 0 aliphatic heterocycles. The largest absolute Gasteiger partial charge is 0.381 e. The molecule has 4 aliphatic carbocycles. The van der Waals surface area contributed by atoms with Crippen LogP contribution in [0.25, 0.3) is 0 Å². The van der Waals surface area contributed by atoms with Gasteiger partial charge in [-0.1, -0.05) is 18.1 Å². The van der Waals surface area contributed by atoms with Crippen LogP contribution in [0, 0.1) is 23.2 Å². The molecule has 0 aromatic rings. The van der Waals surface area contributed by atoms with Crippen molar-refractivity contribution in [3.63, 3.8) is 0 Å². The van der Waals surface area contributed by atoms with Crippen molar-refractivity contribution in [1.29, 1.82) is 0 Å². The van der Waals surface area contributed by atoms with E-state index in [-0.39, 0.29) is 23.9 Å². The Morgan fingerprint density at radius 2 is 1.95 bits per heavy atom. The van der Waals surface area contributed by atoms with E-state index in [1.54, 1.807) is 5.57 Å². The summed E-state index contributed by atoms with van der Waals surface area (Å²) in [6, 6.07) is 0. The Morgan fingerprint density at radius 1 is 1.14 bits per heavy atom. The first-order valence-electron chi connectivity index (χ1n) is 8.89. The Kier molecular flexibility index (Phi) is 3.34. The van der Waals surface area contributed by atoms with Gasteiger partial charge in [-0.05, 0) is 56.8 Å². The molecule has 4 aliphatic rings. The third-order valence-corrected chi connectivity index (χ3v) is 7.25. The Hall–Kier alpha value is -0.960. The van der Waals surface area contributed by atoms with E-state index in [1.807, 2.05) is 14.0 Å². The number of Topliss-reactive ketones (excluding diaryl/α,β-unsaturated/α-hetero) is 2. The van der Waals surface area contributed by atoms with E-state index in [2.05, 4.69) is 0 Å². The zero-order valence-corrected chi connectivity index (χ0v) is 13.7. The molecular formula is C19H26O3. The van der Waals surface area contributed by atoms with Crippen molar-refractivity contribution in [3.8, 4) is 0 Å². The number of hydrogen-bond acceptors (Lipinski definition) is 3. The van der Waals surface area contributed by atoms with Crippen LogP contribution in [0.4, 0.5) is 0 Å². The topological polar surface area (TPSA) is 43.4 Å². The summed E-state index contributed by atoms with van der Waals surface area (Å²) in [6.07, 6.45) is 8.30. The molecule has 4 unspecified atom stereocenters. The predicted octanol–water partition coefficient (Wildman–Crippen LogP) is 3.47. The van der Waals surface area contributed by atoms with Gasteiger partial charge in [-0.25, -0.2) is 0 Å². The molecule has 1 spiro atoms.